The summed E-state index contributed by atoms with van der Waals surface area (Å²) >= 11 is 0. The van der Waals surface area contributed by atoms with Crippen LogP contribution in [0.2, 0.25) is 0 Å². The molecular weight excluding hydrogens is 350 g/mol. The molecule has 148 valence electrons. The Hall–Kier alpha value is -2.42. The van der Waals surface area contributed by atoms with Crippen LogP contribution in [0.25, 0.3) is 11.2 Å². The topological polar surface area (TPSA) is 102 Å². The maximum Gasteiger partial charge on any atom is 0.327 e. The van der Waals surface area contributed by atoms with Gasteiger partial charge >= 0.3 is 11.7 Å². The Morgan fingerprint density at radius 3 is 2.74 bits per heavy atom. The van der Waals surface area contributed by atoms with Crippen molar-refractivity contribution in [1.29, 1.82) is 0 Å². The largest absolute Gasteiger partial charge is 0.469 e. The number of imidazole rings is 1. The van der Waals surface area contributed by atoms with Crippen molar-refractivity contribution in [2.24, 2.45) is 11.8 Å². The second kappa shape index (κ2) is 8.51. The molecule has 1 saturated carbocycles. The SMILES string of the molecule is COCCN(C)c1ncc2[nH]c(=O)n(CC3CCC(C(=O)OC)CC3)c2n1. The van der Waals surface area contributed by atoms with Crippen LogP contribution in [-0.4, -0.2) is 59.9 Å². The number of aromatic amines is 1. The predicted molar refractivity (Wildman–Crippen MR) is 101 cm³/mol. The van der Waals surface area contributed by atoms with Gasteiger partial charge in [-0.25, -0.2) is 9.78 Å². The highest BCUT2D eigenvalue weighted by atomic mass is 16.5. The highest BCUT2D eigenvalue weighted by Crippen LogP contribution is 2.30. The average Bonchev–Trinajstić information content (AvgIpc) is 3.00. The van der Waals surface area contributed by atoms with Gasteiger partial charge in [0.15, 0.2) is 5.65 Å². The van der Waals surface area contributed by atoms with Crippen LogP contribution in [0.4, 0.5) is 5.95 Å². The van der Waals surface area contributed by atoms with E-state index in [1.54, 1.807) is 17.9 Å². The lowest BCUT2D eigenvalue weighted by molar-refractivity contribution is -0.146. The summed E-state index contributed by atoms with van der Waals surface area (Å²) in [6.45, 7) is 1.82. The highest BCUT2D eigenvalue weighted by molar-refractivity contribution is 5.72. The fourth-order valence-electron chi connectivity index (χ4n) is 3.62. The minimum absolute atomic E-state index is 0.0192. The van der Waals surface area contributed by atoms with E-state index in [0.29, 0.717) is 42.7 Å². The molecule has 27 heavy (non-hydrogen) atoms. The molecule has 0 atom stereocenters. The molecule has 1 N–H and O–H groups in total. The number of carbonyl (C=O) groups is 1. The van der Waals surface area contributed by atoms with Gasteiger partial charge in [-0.05, 0) is 31.6 Å². The monoisotopic (exact) mass is 377 g/mol. The standard InChI is InChI=1S/C18H27N5O4/c1-22(8-9-26-2)17-19-10-14-15(21-17)23(18(25)20-14)11-12-4-6-13(7-5-12)16(24)27-3/h10,12-13H,4-9,11H2,1-3H3,(H,20,25). The second-order valence-electron chi connectivity index (χ2n) is 7.10. The molecule has 1 aliphatic carbocycles. The number of carbonyl (C=O) groups excluding carboxylic acids is 1. The van der Waals surface area contributed by atoms with Crippen molar-refractivity contribution in [2.45, 2.75) is 32.2 Å². The van der Waals surface area contributed by atoms with Gasteiger partial charge in [0.05, 0.1) is 25.8 Å². The van der Waals surface area contributed by atoms with Crippen LogP contribution in [-0.2, 0) is 20.8 Å². The molecule has 0 aliphatic heterocycles. The van der Waals surface area contributed by atoms with Crippen molar-refractivity contribution < 1.29 is 14.3 Å². The van der Waals surface area contributed by atoms with Crippen molar-refractivity contribution in [2.75, 3.05) is 39.3 Å². The van der Waals surface area contributed by atoms with E-state index in [4.69, 9.17) is 9.47 Å². The average molecular weight is 377 g/mol. The number of aromatic nitrogens is 4. The number of fused-ring (bicyclic) bond motifs is 1. The van der Waals surface area contributed by atoms with E-state index < -0.39 is 0 Å². The lowest BCUT2D eigenvalue weighted by Gasteiger charge is -2.26. The van der Waals surface area contributed by atoms with E-state index in [1.807, 2.05) is 11.9 Å². The number of methoxy groups -OCH3 is 2. The van der Waals surface area contributed by atoms with Gasteiger partial charge < -0.3 is 19.4 Å². The third-order valence-corrected chi connectivity index (χ3v) is 5.29. The third kappa shape index (κ3) is 4.29. The van der Waals surface area contributed by atoms with Gasteiger partial charge in [-0.1, -0.05) is 0 Å². The molecule has 2 aromatic rings. The van der Waals surface area contributed by atoms with Gasteiger partial charge in [-0.2, -0.15) is 4.98 Å². The van der Waals surface area contributed by atoms with Crippen LogP contribution in [0.3, 0.4) is 0 Å². The molecule has 0 aromatic carbocycles. The number of hydrogen-bond donors (Lipinski definition) is 1. The summed E-state index contributed by atoms with van der Waals surface area (Å²) in [5.74, 6) is 0.748. The van der Waals surface area contributed by atoms with Crippen LogP contribution in [0, 0.1) is 11.8 Å². The van der Waals surface area contributed by atoms with Gasteiger partial charge in [0.1, 0.15) is 5.52 Å². The summed E-state index contributed by atoms with van der Waals surface area (Å²) in [7, 11) is 4.97. The first-order valence-corrected chi connectivity index (χ1v) is 9.27. The Balaban J connectivity index is 1.75. The summed E-state index contributed by atoms with van der Waals surface area (Å²) in [6.07, 6.45) is 5.03. The number of hydrogen-bond acceptors (Lipinski definition) is 7. The van der Waals surface area contributed by atoms with E-state index in [1.165, 1.54) is 7.11 Å². The fraction of sp³-hybridized carbons (Fsp3) is 0.667. The fourth-order valence-corrected chi connectivity index (χ4v) is 3.62. The van der Waals surface area contributed by atoms with E-state index in [9.17, 15) is 9.59 Å². The van der Waals surface area contributed by atoms with Crippen LogP contribution in [0.1, 0.15) is 25.7 Å². The predicted octanol–water partition coefficient (Wildman–Crippen LogP) is 1.18. The summed E-state index contributed by atoms with van der Waals surface area (Å²) in [4.78, 5) is 37.7. The highest BCUT2D eigenvalue weighted by Gasteiger charge is 2.27. The smallest absolute Gasteiger partial charge is 0.327 e. The van der Waals surface area contributed by atoms with Gasteiger partial charge in [0, 0.05) is 27.2 Å². The van der Waals surface area contributed by atoms with E-state index in [-0.39, 0.29) is 17.6 Å². The molecule has 9 nitrogen and oxygen atoms in total. The van der Waals surface area contributed by atoms with Crippen molar-refractivity contribution in [1.82, 2.24) is 19.5 Å². The molecule has 1 aliphatic rings. The number of anilines is 1. The van der Waals surface area contributed by atoms with E-state index in [0.717, 1.165) is 25.7 Å². The summed E-state index contributed by atoms with van der Waals surface area (Å²) in [5.41, 5.74) is 1.07. The molecule has 1 fully saturated rings. The van der Waals surface area contributed by atoms with Gasteiger partial charge in [-0.15, -0.1) is 0 Å². The first-order valence-electron chi connectivity index (χ1n) is 9.27. The zero-order valence-electron chi connectivity index (χ0n) is 16.1. The summed E-state index contributed by atoms with van der Waals surface area (Å²) < 4.78 is 11.6. The first kappa shape index (κ1) is 19.3. The van der Waals surface area contributed by atoms with Gasteiger partial charge in [0.25, 0.3) is 0 Å². The molecule has 0 unspecified atom stereocenters. The molecular formula is C18H27N5O4. The Morgan fingerprint density at radius 2 is 2.07 bits per heavy atom. The molecule has 0 bridgehead atoms. The van der Waals surface area contributed by atoms with Crippen LogP contribution in [0.5, 0.6) is 0 Å². The van der Waals surface area contributed by atoms with E-state index in [2.05, 4.69) is 15.0 Å². The molecule has 2 aromatic heterocycles. The Morgan fingerprint density at radius 1 is 1.33 bits per heavy atom. The second-order valence-corrected chi connectivity index (χ2v) is 7.10. The number of H-pyrrole nitrogens is 1. The van der Waals surface area contributed by atoms with Crippen LogP contribution >= 0.6 is 0 Å². The molecule has 0 radical (unpaired) electrons. The Bertz CT molecular complexity index is 838. The Kier molecular flexibility index (Phi) is 6.10. The van der Waals surface area contributed by atoms with Crippen LogP contribution in [0.15, 0.2) is 11.0 Å². The Labute approximate surface area is 157 Å². The summed E-state index contributed by atoms with van der Waals surface area (Å²) in [5, 5.41) is 0. The van der Waals surface area contributed by atoms with Crippen LogP contribution < -0.4 is 10.6 Å². The third-order valence-electron chi connectivity index (χ3n) is 5.29. The van der Waals surface area contributed by atoms with Crippen molar-refractivity contribution >= 4 is 23.1 Å². The number of nitrogens with one attached hydrogen (secondary N) is 1. The van der Waals surface area contributed by atoms with Gasteiger partial charge in [-0.3, -0.25) is 9.36 Å². The van der Waals surface area contributed by atoms with Crippen molar-refractivity contribution in [3.05, 3.63) is 16.7 Å². The molecule has 0 amide bonds. The number of nitrogens with zero attached hydrogens (tertiary/aromatic N) is 4. The normalized spacial score (nSPS) is 20.0. The van der Waals surface area contributed by atoms with Crippen molar-refractivity contribution in [3.63, 3.8) is 0 Å². The molecule has 9 heteroatoms. The maximum atomic E-state index is 12.4. The number of esters is 1. The van der Waals surface area contributed by atoms with E-state index >= 15 is 0 Å². The van der Waals surface area contributed by atoms with Gasteiger partial charge in [0.2, 0.25) is 5.95 Å². The zero-order valence-corrected chi connectivity index (χ0v) is 16.1. The summed E-state index contributed by atoms with van der Waals surface area (Å²) in [6, 6.07) is 0. The zero-order chi connectivity index (χ0) is 19.4. The first-order chi connectivity index (χ1) is 13.0. The minimum Gasteiger partial charge on any atom is -0.469 e. The van der Waals surface area contributed by atoms with Crippen molar-refractivity contribution in [3.8, 4) is 0 Å². The molecule has 0 saturated heterocycles. The number of rotatable bonds is 7. The number of likely N-dealkylation sites (N-methyl/N-ethyl adjacent to an activating group) is 1. The maximum absolute atomic E-state index is 12.4. The lowest BCUT2D eigenvalue weighted by atomic mass is 9.82. The number of ether oxygens (including phenoxy) is 2. The lowest BCUT2D eigenvalue weighted by Crippen LogP contribution is -2.28. The quantitative estimate of drug-likeness (QED) is 0.723. The minimum atomic E-state index is -0.175. The molecule has 2 heterocycles. The molecule has 3 rings (SSSR count). The molecule has 0 spiro atoms.